The molecule has 1 fully saturated rings. The fraction of sp³-hybridized carbons (Fsp3) is 0.407. The molecule has 2 aliphatic heterocycles. The molecule has 0 radical (unpaired) electrons. The molecule has 0 atom stereocenters. The molecule has 5 rings (SSSR count). The van der Waals surface area contributed by atoms with Crippen molar-refractivity contribution in [2.24, 2.45) is 0 Å². The zero-order chi connectivity index (χ0) is 21.4. The van der Waals surface area contributed by atoms with Gasteiger partial charge in [0, 0.05) is 18.3 Å². The maximum atomic E-state index is 13.9. The van der Waals surface area contributed by atoms with E-state index < -0.39 is 0 Å². The van der Waals surface area contributed by atoms with E-state index in [0.29, 0.717) is 11.3 Å². The molecule has 4 nitrogen and oxygen atoms in total. The Morgan fingerprint density at radius 3 is 2.26 bits per heavy atom. The summed E-state index contributed by atoms with van der Waals surface area (Å²) in [6, 6.07) is 16.3. The highest BCUT2D eigenvalue weighted by molar-refractivity contribution is 6.37. The van der Waals surface area contributed by atoms with Crippen molar-refractivity contribution in [1.82, 2.24) is 4.90 Å². The largest absolute Gasteiger partial charge is 0.336 e. The zero-order valence-corrected chi connectivity index (χ0v) is 18.3. The second kappa shape index (κ2) is 8.33. The molecular formula is C27H30N2O2. The predicted molar refractivity (Wildman–Crippen MR) is 124 cm³/mol. The number of amides is 2. The number of rotatable bonds is 3. The van der Waals surface area contributed by atoms with Gasteiger partial charge in [-0.25, -0.2) is 0 Å². The van der Waals surface area contributed by atoms with Gasteiger partial charge >= 0.3 is 0 Å². The van der Waals surface area contributed by atoms with Crippen LogP contribution in [0.25, 0.3) is 5.57 Å². The summed E-state index contributed by atoms with van der Waals surface area (Å²) in [6.45, 7) is 2.80. The van der Waals surface area contributed by atoms with Gasteiger partial charge in [-0.1, -0.05) is 73.7 Å². The number of para-hydroxylation sites is 1. The Morgan fingerprint density at radius 2 is 1.52 bits per heavy atom. The average Bonchev–Trinajstić information content (AvgIpc) is 2.95. The smallest absolute Gasteiger partial charge is 0.278 e. The lowest BCUT2D eigenvalue weighted by Crippen LogP contribution is -2.43. The third kappa shape index (κ3) is 3.58. The van der Waals surface area contributed by atoms with Crippen molar-refractivity contribution >= 4 is 23.1 Å². The predicted octanol–water partition coefficient (Wildman–Crippen LogP) is 5.25. The Labute approximate surface area is 184 Å². The monoisotopic (exact) mass is 414 g/mol. The third-order valence-corrected chi connectivity index (χ3v) is 7.00. The summed E-state index contributed by atoms with van der Waals surface area (Å²) in [5.74, 6) is -0.219. The van der Waals surface area contributed by atoms with E-state index in [1.54, 1.807) is 4.90 Å². The molecule has 3 aliphatic rings. The zero-order valence-electron chi connectivity index (χ0n) is 18.3. The maximum absolute atomic E-state index is 13.9. The van der Waals surface area contributed by atoms with E-state index in [4.69, 9.17) is 0 Å². The van der Waals surface area contributed by atoms with Gasteiger partial charge in [-0.15, -0.1) is 0 Å². The Morgan fingerprint density at radius 1 is 0.806 bits per heavy atom. The van der Waals surface area contributed by atoms with Gasteiger partial charge < -0.3 is 4.90 Å². The second-order valence-electron chi connectivity index (χ2n) is 9.10. The first-order valence-corrected chi connectivity index (χ1v) is 11.7. The van der Waals surface area contributed by atoms with Crippen LogP contribution in [0.3, 0.4) is 0 Å². The Bertz CT molecular complexity index is 1030. The Kier molecular flexibility index (Phi) is 5.39. The van der Waals surface area contributed by atoms with E-state index in [1.165, 1.54) is 18.4 Å². The van der Waals surface area contributed by atoms with E-state index in [9.17, 15) is 9.59 Å². The van der Waals surface area contributed by atoms with Crippen LogP contribution in [0.1, 0.15) is 61.6 Å². The Balaban J connectivity index is 1.63. The van der Waals surface area contributed by atoms with Gasteiger partial charge in [-0.05, 0) is 49.8 Å². The molecule has 1 saturated carbocycles. The second-order valence-corrected chi connectivity index (χ2v) is 9.10. The SMILES string of the molecule is Cc1ccc(C2=C(N3CCCc4ccccc43)C(=O)N(C3CCCCCC3)C2=O)cc1. The average molecular weight is 415 g/mol. The minimum absolute atomic E-state index is 0.0143. The number of hydrogen-bond acceptors (Lipinski definition) is 3. The number of carbonyl (C=O) groups is 2. The molecule has 1 aliphatic carbocycles. The number of nitrogens with zero attached hydrogens (tertiary/aromatic N) is 2. The number of aryl methyl sites for hydroxylation is 2. The van der Waals surface area contributed by atoms with E-state index in [-0.39, 0.29) is 17.9 Å². The van der Waals surface area contributed by atoms with Crippen LogP contribution in [-0.4, -0.2) is 29.3 Å². The fourth-order valence-electron chi connectivity index (χ4n) is 5.38. The third-order valence-electron chi connectivity index (χ3n) is 7.00. The van der Waals surface area contributed by atoms with Crippen LogP contribution in [0, 0.1) is 6.92 Å². The summed E-state index contributed by atoms with van der Waals surface area (Å²) in [5.41, 5.74) is 5.45. The lowest BCUT2D eigenvalue weighted by atomic mass is 9.98. The summed E-state index contributed by atoms with van der Waals surface area (Å²) >= 11 is 0. The summed E-state index contributed by atoms with van der Waals surface area (Å²) in [5, 5.41) is 0. The summed E-state index contributed by atoms with van der Waals surface area (Å²) in [6.07, 6.45) is 8.38. The molecule has 0 N–H and O–H groups in total. The van der Waals surface area contributed by atoms with Crippen LogP contribution in [0.5, 0.6) is 0 Å². The first-order valence-electron chi connectivity index (χ1n) is 11.7. The highest BCUT2D eigenvalue weighted by atomic mass is 16.2. The molecule has 4 heteroatoms. The van der Waals surface area contributed by atoms with Crippen LogP contribution in [0.15, 0.2) is 54.2 Å². The summed E-state index contributed by atoms with van der Waals surface area (Å²) in [4.78, 5) is 31.4. The van der Waals surface area contributed by atoms with Crippen LogP contribution < -0.4 is 4.90 Å². The summed E-state index contributed by atoms with van der Waals surface area (Å²) in [7, 11) is 0. The number of anilines is 1. The van der Waals surface area contributed by atoms with Crippen molar-refractivity contribution in [3.63, 3.8) is 0 Å². The quantitative estimate of drug-likeness (QED) is 0.509. The van der Waals surface area contributed by atoms with Crippen LogP contribution >= 0.6 is 0 Å². The van der Waals surface area contributed by atoms with Crippen molar-refractivity contribution in [2.45, 2.75) is 64.3 Å². The maximum Gasteiger partial charge on any atom is 0.278 e. The molecule has 0 spiro atoms. The summed E-state index contributed by atoms with van der Waals surface area (Å²) < 4.78 is 0. The van der Waals surface area contributed by atoms with Gasteiger partial charge in [0.1, 0.15) is 5.70 Å². The van der Waals surface area contributed by atoms with Crippen molar-refractivity contribution in [1.29, 1.82) is 0 Å². The number of imide groups is 1. The van der Waals surface area contributed by atoms with Crippen molar-refractivity contribution in [3.05, 3.63) is 70.9 Å². The molecule has 2 heterocycles. The van der Waals surface area contributed by atoms with E-state index in [0.717, 1.165) is 61.9 Å². The molecule has 31 heavy (non-hydrogen) atoms. The molecular weight excluding hydrogens is 384 g/mol. The molecule has 2 amide bonds. The standard InChI is InChI=1S/C27H30N2O2/c1-19-14-16-21(17-15-19)24-25(28-18-8-10-20-9-6-7-13-23(20)28)27(31)29(26(24)30)22-11-4-2-3-5-12-22/h6-7,9,13-17,22H,2-5,8,10-12,18H2,1H3. The minimum Gasteiger partial charge on any atom is -0.336 e. The van der Waals surface area contributed by atoms with Crippen molar-refractivity contribution in [2.75, 3.05) is 11.4 Å². The number of carbonyl (C=O) groups excluding carboxylic acids is 2. The fourth-order valence-corrected chi connectivity index (χ4v) is 5.38. The lowest BCUT2D eigenvalue weighted by molar-refractivity contribution is -0.139. The van der Waals surface area contributed by atoms with Gasteiger partial charge in [-0.2, -0.15) is 0 Å². The lowest BCUT2D eigenvalue weighted by Gasteiger charge is -2.33. The molecule has 0 bridgehead atoms. The van der Waals surface area contributed by atoms with Crippen molar-refractivity contribution < 1.29 is 9.59 Å². The first-order chi connectivity index (χ1) is 15.1. The van der Waals surface area contributed by atoms with Crippen LogP contribution in [0.2, 0.25) is 0 Å². The number of fused-ring (bicyclic) bond motifs is 1. The molecule has 2 aromatic carbocycles. The molecule has 0 saturated heterocycles. The highest BCUT2D eigenvalue weighted by Crippen LogP contribution is 2.40. The van der Waals surface area contributed by atoms with Gasteiger partial charge in [0.15, 0.2) is 0 Å². The van der Waals surface area contributed by atoms with Gasteiger partial charge in [0.25, 0.3) is 11.8 Å². The Hall–Kier alpha value is -2.88. The number of hydrogen-bond donors (Lipinski definition) is 0. The van der Waals surface area contributed by atoms with Gasteiger partial charge in [0.05, 0.1) is 5.57 Å². The normalized spacial score (nSPS) is 20.3. The van der Waals surface area contributed by atoms with Crippen LogP contribution in [-0.2, 0) is 16.0 Å². The van der Waals surface area contributed by atoms with E-state index in [2.05, 4.69) is 23.1 Å². The van der Waals surface area contributed by atoms with Gasteiger partial charge in [-0.3, -0.25) is 14.5 Å². The highest BCUT2D eigenvalue weighted by Gasteiger charge is 2.45. The molecule has 2 aromatic rings. The molecule has 0 aromatic heterocycles. The van der Waals surface area contributed by atoms with Crippen LogP contribution in [0.4, 0.5) is 5.69 Å². The first kappa shape index (κ1) is 20.0. The molecule has 160 valence electrons. The number of benzene rings is 2. The minimum atomic E-state index is -0.112. The molecule has 0 unspecified atom stereocenters. The van der Waals surface area contributed by atoms with Crippen molar-refractivity contribution in [3.8, 4) is 0 Å². The van der Waals surface area contributed by atoms with E-state index >= 15 is 0 Å². The van der Waals surface area contributed by atoms with Gasteiger partial charge in [0.2, 0.25) is 0 Å². The topological polar surface area (TPSA) is 40.6 Å². The van der Waals surface area contributed by atoms with E-state index in [1.807, 2.05) is 37.3 Å².